The van der Waals surface area contributed by atoms with E-state index in [1.54, 1.807) is 24.1 Å². The highest BCUT2D eigenvalue weighted by atomic mass is 79.9. The fraction of sp³-hybridized carbons (Fsp3) is 0.133. The van der Waals surface area contributed by atoms with Gasteiger partial charge in [0.25, 0.3) is 5.91 Å². The minimum absolute atomic E-state index is 0.129. The summed E-state index contributed by atoms with van der Waals surface area (Å²) in [7, 11) is 1.74. The zero-order chi connectivity index (χ0) is 14.0. The molecule has 2 nitrogen and oxygen atoms in total. The summed E-state index contributed by atoms with van der Waals surface area (Å²) in [5.41, 5.74) is 2.48. The smallest absolute Gasteiger partial charge is 0.259 e. The first-order chi connectivity index (χ1) is 8.99. The molecule has 4 heteroatoms. The molecule has 0 fully saturated rings. The molecule has 0 heterocycles. The lowest BCUT2D eigenvalue weighted by molar-refractivity contribution is 0.0993. The van der Waals surface area contributed by atoms with E-state index in [9.17, 15) is 4.79 Å². The van der Waals surface area contributed by atoms with Gasteiger partial charge in [-0.25, -0.2) is 0 Å². The van der Waals surface area contributed by atoms with Gasteiger partial charge in [0.15, 0.2) is 0 Å². The number of nitrogens with zero attached hydrogens (tertiary/aromatic N) is 1. The van der Waals surface area contributed by atoms with Crippen LogP contribution in [0.4, 0.5) is 5.69 Å². The van der Waals surface area contributed by atoms with Crippen LogP contribution in [0.25, 0.3) is 0 Å². The van der Waals surface area contributed by atoms with Gasteiger partial charge < -0.3 is 4.90 Å². The van der Waals surface area contributed by atoms with Gasteiger partial charge in [0.1, 0.15) is 0 Å². The molecule has 0 saturated heterocycles. The monoisotopic (exact) mass is 337 g/mol. The molecule has 1 amide bonds. The van der Waals surface area contributed by atoms with Crippen LogP contribution in [0.2, 0.25) is 5.02 Å². The van der Waals surface area contributed by atoms with Gasteiger partial charge >= 0.3 is 0 Å². The zero-order valence-corrected chi connectivity index (χ0v) is 13.0. The number of anilines is 1. The molecular weight excluding hydrogens is 326 g/mol. The first-order valence-corrected chi connectivity index (χ1v) is 6.96. The van der Waals surface area contributed by atoms with Crippen LogP contribution < -0.4 is 4.90 Å². The lowest BCUT2D eigenvalue weighted by Crippen LogP contribution is -2.26. The Morgan fingerprint density at radius 3 is 2.42 bits per heavy atom. The molecule has 0 atom stereocenters. The third-order valence-corrected chi connectivity index (χ3v) is 3.71. The summed E-state index contributed by atoms with van der Waals surface area (Å²) in [4.78, 5) is 14.0. The van der Waals surface area contributed by atoms with Gasteiger partial charge in [0.2, 0.25) is 0 Å². The molecule has 2 aromatic carbocycles. The van der Waals surface area contributed by atoms with Crippen LogP contribution in [0.1, 0.15) is 15.9 Å². The molecule has 0 bridgehead atoms. The molecule has 98 valence electrons. The minimum Gasteiger partial charge on any atom is -0.311 e. The Kier molecular flexibility index (Phi) is 4.27. The summed E-state index contributed by atoms with van der Waals surface area (Å²) in [6.07, 6.45) is 0. The van der Waals surface area contributed by atoms with Crippen LogP contribution in [0.15, 0.2) is 46.9 Å². The second-order valence-corrected chi connectivity index (χ2v) is 5.65. The van der Waals surface area contributed by atoms with Crippen molar-refractivity contribution in [3.8, 4) is 0 Å². The molecule has 2 aromatic rings. The molecule has 0 spiro atoms. The zero-order valence-electron chi connectivity index (χ0n) is 10.7. The molecule has 0 radical (unpaired) electrons. The fourth-order valence-corrected chi connectivity index (χ4v) is 2.29. The summed E-state index contributed by atoms with van der Waals surface area (Å²) < 4.78 is 0.831. The highest BCUT2D eigenvalue weighted by Crippen LogP contribution is 2.24. The third-order valence-electron chi connectivity index (χ3n) is 2.88. The molecule has 0 aromatic heterocycles. The molecule has 0 unspecified atom stereocenters. The number of carbonyl (C=O) groups is 1. The topological polar surface area (TPSA) is 20.3 Å². The number of rotatable bonds is 2. The van der Waals surface area contributed by atoms with Gasteiger partial charge in [0.05, 0.1) is 10.6 Å². The van der Waals surface area contributed by atoms with Crippen molar-refractivity contribution < 1.29 is 4.79 Å². The highest BCUT2D eigenvalue weighted by Gasteiger charge is 2.16. The van der Waals surface area contributed by atoms with E-state index in [-0.39, 0.29) is 5.91 Å². The summed E-state index contributed by atoms with van der Waals surface area (Å²) in [6.45, 7) is 2.01. The minimum atomic E-state index is -0.129. The van der Waals surface area contributed by atoms with E-state index in [4.69, 9.17) is 11.6 Å². The average molecular weight is 339 g/mol. The molecule has 19 heavy (non-hydrogen) atoms. The van der Waals surface area contributed by atoms with Crippen molar-refractivity contribution in [3.63, 3.8) is 0 Å². The van der Waals surface area contributed by atoms with Crippen LogP contribution in [0, 0.1) is 6.92 Å². The van der Waals surface area contributed by atoms with Crippen molar-refractivity contribution in [1.29, 1.82) is 0 Å². The van der Waals surface area contributed by atoms with Crippen LogP contribution in [0.3, 0.4) is 0 Å². The maximum Gasteiger partial charge on any atom is 0.259 e. The molecule has 2 rings (SSSR count). The summed E-state index contributed by atoms with van der Waals surface area (Å²) in [6, 6.07) is 13.0. The first kappa shape index (κ1) is 14.1. The summed E-state index contributed by atoms with van der Waals surface area (Å²) >= 11 is 9.43. The van der Waals surface area contributed by atoms with E-state index in [1.807, 2.05) is 37.3 Å². The lowest BCUT2D eigenvalue weighted by Gasteiger charge is -2.18. The second-order valence-electron chi connectivity index (χ2n) is 4.32. The number of aryl methyl sites for hydroxylation is 1. The second kappa shape index (κ2) is 5.76. The summed E-state index contributed by atoms with van der Waals surface area (Å²) in [5, 5.41) is 0.451. The molecule has 0 aliphatic heterocycles. The van der Waals surface area contributed by atoms with E-state index in [0.29, 0.717) is 10.6 Å². The van der Waals surface area contributed by atoms with E-state index >= 15 is 0 Å². The predicted molar refractivity (Wildman–Crippen MR) is 83.1 cm³/mol. The number of halogens is 2. The number of hydrogen-bond donors (Lipinski definition) is 0. The Labute approximate surface area is 126 Å². The van der Waals surface area contributed by atoms with E-state index in [1.165, 1.54) is 0 Å². The SMILES string of the molecule is Cc1ccc(N(C)C(=O)c2cc(Br)ccc2Cl)cc1. The van der Waals surface area contributed by atoms with E-state index < -0.39 is 0 Å². The molecule has 0 N–H and O–H groups in total. The van der Waals surface area contributed by atoms with Crippen molar-refractivity contribution in [2.45, 2.75) is 6.92 Å². The normalized spacial score (nSPS) is 10.3. The van der Waals surface area contributed by atoms with Gasteiger partial charge in [-0.3, -0.25) is 4.79 Å². The first-order valence-electron chi connectivity index (χ1n) is 5.79. The third kappa shape index (κ3) is 3.17. The lowest BCUT2D eigenvalue weighted by atomic mass is 10.1. The standard InChI is InChI=1S/C15H13BrClNO/c1-10-3-6-12(7-4-10)18(2)15(19)13-9-11(16)5-8-14(13)17/h3-9H,1-2H3. The van der Waals surface area contributed by atoms with E-state index in [0.717, 1.165) is 15.7 Å². The molecule has 0 saturated carbocycles. The largest absolute Gasteiger partial charge is 0.311 e. The van der Waals surface area contributed by atoms with Crippen molar-refractivity contribution in [2.75, 3.05) is 11.9 Å². The average Bonchev–Trinajstić information content (AvgIpc) is 2.41. The fourth-order valence-electron chi connectivity index (χ4n) is 1.73. The van der Waals surface area contributed by atoms with Crippen molar-refractivity contribution >= 4 is 39.1 Å². The summed E-state index contributed by atoms with van der Waals surface area (Å²) in [5.74, 6) is -0.129. The van der Waals surface area contributed by atoms with Gasteiger partial charge in [-0.1, -0.05) is 45.2 Å². The van der Waals surface area contributed by atoms with Crippen molar-refractivity contribution in [1.82, 2.24) is 0 Å². The molecule has 0 aliphatic rings. The quantitative estimate of drug-likeness (QED) is 0.778. The van der Waals surface area contributed by atoms with E-state index in [2.05, 4.69) is 15.9 Å². The van der Waals surface area contributed by atoms with Gasteiger partial charge in [-0.15, -0.1) is 0 Å². The number of hydrogen-bond acceptors (Lipinski definition) is 1. The maximum absolute atomic E-state index is 12.4. The number of carbonyl (C=O) groups excluding carboxylic acids is 1. The maximum atomic E-state index is 12.4. The molecule has 0 aliphatic carbocycles. The van der Waals surface area contributed by atoms with Gasteiger partial charge in [0, 0.05) is 17.2 Å². The number of amides is 1. The van der Waals surface area contributed by atoms with Crippen LogP contribution in [-0.2, 0) is 0 Å². The van der Waals surface area contributed by atoms with Gasteiger partial charge in [-0.05, 0) is 37.3 Å². The van der Waals surface area contributed by atoms with Crippen LogP contribution in [-0.4, -0.2) is 13.0 Å². The van der Waals surface area contributed by atoms with Crippen LogP contribution in [0.5, 0.6) is 0 Å². The Morgan fingerprint density at radius 1 is 1.16 bits per heavy atom. The van der Waals surface area contributed by atoms with Crippen molar-refractivity contribution in [2.24, 2.45) is 0 Å². The Balaban J connectivity index is 2.33. The molecular formula is C15H13BrClNO. The van der Waals surface area contributed by atoms with Crippen LogP contribution >= 0.6 is 27.5 Å². The Bertz CT molecular complexity index is 610. The predicted octanol–water partition coefficient (Wildman–Crippen LogP) is 4.69. The Hall–Kier alpha value is -1.32. The van der Waals surface area contributed by atoms with Gasteiger partial charge in [-0.2, -0.15) is 0 Å². The highest BCUT2D eigenvalue weighted by molar-refractivity contribution is 9.10. The van der Waals surface area contributed by atoms with Crippen molar-refractivity contribution in [3.05, 3.63) is 63.1 Å². The number of benzene rings is 2. The Morgan fingerprint density at radius 2 is 1.79 bits per heavy atom.